The van der Waals surface area contributed by atoms with Crippen molar-refractivity contribution < 1.29 is 5.11 Å². The Balaban J connectivity index is 0.00000208. The van der Waals surface area contributed by atoms with Crippen LogP contribution in [0.2, 0.25) is 5.02 Å². The molecule has 0 spiro atoms. The Morgan fingerprint density at radius 1 is 1.25 bits per heavy atom. The van der Waals surface area contributed by atoms with E-state index in [0.29, 0.717) is 27.7 Å². The first-order valence-electron chi connectivity index (χ1n) is 7.09. The van der Waals surface area contributed by atoms with Crippen LogP contribution in [0.3, 0.4) is 0 Å². The number of hydrogen-bond acceptors (Lipinski definition) is 4. The monoisotopic (exact) mass is 381 g/mol. The van der Waals surface area contributed by atoms with Crippen LogP contribution in [0.25, 0.3) is 22.4 Å². The van der Waals surface area contributed by atoms with Crippen LogP contribution in [0.5, 0.6) is 0 Å². The standard InChI is InChI=1S/C17H16ClN3OS.ClH/c18-14-6-11(10-1-3-20-8-10)5-12(7-19)16(14)17-13(9-22)15(23)2-4-21-17;/h1-6,8,20,22H,7,9,19H2,(H,21,23);1H. The number of aliphatic hydroxyl groups is 1. The molecule has 4 nitrogen and oxygen atoms in total. The summed E-state index contributed by atoms with van der Waals surface area (Å²) >= 11 is 10.9. The first-order valence-corrected chi connectivity index (χ1v) is 7.92. The molecule has 24 heavy (non-hydrogen) atoms. The number of nitrogens with one attached hydrogen (secondary N) is 1. The van der Waals surface area contributed by atoms with Gasteiger partial charge in [0.2, 0.25) is 0 Å². The van der Waals surface area contributed by atoms with Crippen molar-refractivity contribution in [2.45, 2.75) is 18.0 Å². The summed E-state index contributed by atoms with van der Waals surface area (Å²) in [6.07, 6.45) is 5.40. The summed E-state index contributed by atoms with van der Waals surface area (Å²) in [6.45, 7) is 0.151. The van der Waals surface area contributed by atoms with E-state index in [2.05, 4.69) is 22.6 Å². The minimum Gasteiger partial charge on any atom is -0.392 e. The van der Waals surface area contributed by atoms with Gasteiger partial charge in [0, 0.05) is 41.2 Å². The highest BCUT2D eigenvalue weighted by Gasteiger charge is 2.17. The van der Waals surface area contributed by atoms with Crippen LogP contribution in [0, 0.1) is 0 Å². The molecule has 0 amide bonds. The lowest BCUT2D eigenvalue weighted by Crippen LogP contribution is -2.04. The van der Waals surface area contributed by atoms with Gasteiger partial charge in [0.25, 0.3) is 0 Å². The highest BCUT2D eigenvalue weighted by molar-refractivity contribution is 7.80. The molecule has 126 valence electrons. The zero-order chi connectivity index (χ0) is 16.4. The number of aliphatic hydroxyl groups excluding tert-OH is 1. The average molecular weight is 382 g/mol. The maximum atomic E-state index is 9.65. The lowest BCUT2D eigenvalue weighted by atomic mass is 9.96. The zero-order valence-corrected chi connectivity index (χ0v) is 15.1. The van der Waals surface area contributed by atoms with Crippen molar-refractivity contribution in [2.75, 3.05) is 0 Å². The predicted octanol–water partition coefficient (Wildman–Crippen LogP) is 4.06. The molecule has 2 heterocycles. The number of nitrogens with zero attached hydrogens (tertiary/aromatic N) is 1. The first-order chi connectivity index (χ1) is 11.2. The smallest absolute Gasteiger partial charge is 0.0786 e. The fourth-order valence-corrected chi connectivity index (χ4v) is 3.19. The molecule has 0 aliphatic carbocycles. The molecule has 0 radical (unpaired) electrons. The molecule has 2 aromatic heterocycles. The lowest BCUT2D eigenvalue weighted by molar-refractivity contribution is 0.279. The summed E-state index contributed by atoms with van der Waals surface area (Å²) in [6, 6.07) is 7.59. The molecule has 0 atom stereocenters. The van der Waals surface area contributed by atoms with Gasteiger partial charge in [0.05, 0.1) is 17.3 Å². The van der Waals surface area contributed by atoms with Crippen molar-refractivity contribution in [3.05, 3.63) is 59.0 Å². The number of halogens is 2. The molecule has 0 unspecified atom stereocenters. The topological polar surface area (TPSA) is 74.9 Å². The first kappa shape index (κ1) is 18.8. The number of hydrogen-bond donors (Lipinski definition) is 4. The number of nitrogens with two attached hydrogens (primary N) is 1. The Bertz CT molecular complexity index is 838. The van der Waals surface area contributed by atoms with Crippen LogP contribution in [0.4, 0.5) is 0 Å². The van der Waals surface area contributed by atoms with Crippen LogP contribution >= 0.6 is 36.6 Å². The van der Waals surface area contributed by atoms with Crippen molar-refractivity contribution >= 4 is 36.6 Å². The number of benzene rings is 1. The third-order valence-corrected chi connectivity index (χ3v) is 4.47. The van der Waals surface area contributed by atoms with E-state index in [9.17, 15) is 5.11 Å². The summed E-state index contributed by atoms with van der Waals surface area (Å²) < 4.78 is 0. The van der Waals surface area contributed by atoms with Gasteiger partial charge in [0.1, 0.15) is 0 Å². The second-order valence-corrected chi connectivity index (χ2v) is 6.00. The normalized spacial score (nSPS) is 10.5. The van der Waals surface area contributed by atoms with Crippen molar-refractivity contribution in [3.63, 3.8) is 0 Å². The molecule has 1 aromatic carbocycles. The van der Waals surface area contributed by atoms with E-state index in [1.54, 1.807) is 12.3 Å². The second kappa shape index (κ2) is 8.05. The predicted molar refractivity (Wildman–Crippen MR) is 103 cm³/mol. The molecule has 3 aromatic rings. The lowest BCUT2D eigenvalue weighted by Gasteiger charge is -2.15. The molecule has 4 N–H and O–H groups in total. The quantitative estimate of drug-likeness (QED) is 0.514. The van der Waals surface area contributed by atoms with E-state index in [1.165, 1.54) is 0 Å². The Morgan fingerprint density at radius 2 is 2.04 bits per heavy atom. The van der Waals surface area contributed by atoms with Crippen LogP contribution in [0.1, 0.15) is 11.1 Å². The Hall–Kier alpha value is -1.50. The zero-order valence-electron chi connectivity index (χ0n) is 12.7. The summed E-state index contributed by atoms with van der Waals surface area (Å²) in [5, 5.41) is 10.2. The van der Waals surface area contributed by atoms with Gasteiger partial charge in [-0.1, -0.05) is 11.6 Å². The maximum absolute atomic E-state index is 9.65. The largest absolute Gasteiger partial charge is 0.392 e. The fraction of sp³-hybridized carbons (Fsp3) is 0.118. The highest BCUT2D eigenvalue weighted by atomic mass is 35.5. The number of aromatic nitrogens is 2. The molecule has 0 saturated carbocycles. The van der Waals surface area contributed by atoms with Gasteiger partial charge in [-0.25, -0.2) is 0 Å². The Kier molecular flexibility index (Phi) is 6.32. The molecule has 0 bridgehead atoms. The molecular formula is C17H17Cl2N3OS. The average Bonchev–Trinajstić information content (AvgIpc) is 3.08. The molecular weight excluding hydrogens is 365 g/mol. The van der Waals surface area contributed by atoms with E-state index >= 15 is 0 Å². The number of H-pyrrole nitrogens is 1. The van der Waals surface area contributed by atoms with Crippen LogP contribution < -0.4 is 5.73 Å². The summed E-state index contributed by atoms with van der Waals surface area (Å²) in [5.74, 6) is 0. The van der Waals surface area contributed by atoms with E-state index < -0.39 is 0 Å². The van der Waals surface area contributed by atoms with Gasteiger partial charge in [-0.2, -0.15) is 0 Å². The molecule has 0 saturated heterocycles. The molecule has 3 rings (SSSR count). The van der Waals surface area contributed by atoms with Crippen molar-refractivity contribution in [1.29, 1.82) is 0 Å². The number of thiol groups is 1. The third kappa shape index (κ3) is 3.45. The van der Waals surface area contributed by atoms with Crippen LogP contribution in [-0.2, 0) is 13.2 Å². The van der Waals surface area contributed by atoms with Crippen LogP contribution in [-0.4, -0.2) is 15.1 Å². The number of pyridine rings is 1. The Labute approximate surface area is 156 Å². The van der Waals surface area contributed by atoms with Crippen molar-refractivity contribution in [3.8, 4) is 22.4 Å². The van der Waals surface area contributed by atoms with E-state index in [4.69, 9.17) is 17.3 Å². The highest BCUT2D eigenvalue weighted by Crippen LogP contribution is 2.37. The van der Waals surface area contributed by atoms with E-state index in [1.807, 2.05) is 30.6 Å². The minimum absolute atomic E-state index is 0. The fourth-order valence-electron chi connectivity index (χ4n) is 2.61. The van der Waals surface area contributed by atoms with Gasteiger partial charge in [-0.3, -0.25) is 4.98 Å². The Morgan fingerprint density at radius 3 is 2.67 bits per heavy atom. The molecule has 0 fully saturated rings. The van der Waals surface area contributed by atoms with Gasteiger partial charge >= 0.3 is 0 Å². The van der Waals surface area contributed by atoms with Crippen molar-refractivity contribution in [1.82, 2.24) is 9.97 Å². The van der Waals surface area contributed by atoms with Gasteiger partial charge in [-0.05, 0) is 41.0 Å². The molecule has 0 aliphatic heterocycles. The SMILES string of the molecule is Cl.NCc1cc(-c2cc[nH]c2)cc(Cl)c1-c1nccc(S)c1CO. The van der Waals surface area contributed by atoms with Gasteiger partial charge in [-0.15, -0.1) is 25.0 Å². The maximum Gasteiger partial charge on any atom is 0.0786 e. The second-order valence-electron chi connectivity index (χ2n) is 5.11. The number of aromatic amines is 1. The summed E-state index contributed by atoms with van der Waals surface area (Å²) in [5.41, 5.74) is 10.8. The molecule has 7 heteroatoms. The number of rotatable bonds is 4. The van der Waals surface area contributed by atoms with Gasteiger partial charge in [0.15, 0.2) is 0 Å². The van der Waals surface area contributed by atoms with E-state index in [0.717, 1.165) is 22.3 Å². The molecule has 0 aliphatic rings. The summed E-state index contributed by atoms with van der Waals surface area (Å²) in [4.78, 5) is 8.09. The third-order valence-electron chi connectivity index (χ3n) is 3.75. The minimum atomic E-state index is -0.165. The summed E-state index contributed by atoms with van der Waals surface area (Å²) in [7, 11) is 0. The van der Waals surface area contributed by atoms with Gasteiger partial charge < -0.3 is 15.8 Å². The van der Waals surface area contributed by atoms with Crippen LogP contribution in [0.15, 0.2) is 47.8 Å². The van der Waals surface area contributed by atoms with E-state index in [-0.39, 0.29) is 19.0 Å². The van der Waals surface area contributed by atoms with Crippen molar-refractivity contribution in [2.24, 2.45) is 5.73 Å².